The van der Waals surface area contributed by atoms with E-state index in [0.717, 1.165) is 6.54 Å². The van der Waals surface area contributed by atoms with Gasteiger partial charge < -0.3 is 4.90 Å². The Kier molecular flexibility index (Phi) is 4.03. The number of benzene rings is 5. The molecule has 31 heavy (non-hydrogen) atoms. The molecule has 0 saturated carbocycles. The highest BCUT2D eigenvalue weighted by atomic mass is 15.0. The van der Waals surface area contributed by atoms with Gasteiger partial charge in [0.15, 0.2) is 0 Å². The molecule has 0 bridgehead atoms. The van der Waals surface area contributed by atoms with E-state index in [4.69, 9.17) is 0 Å². The predicted octanol–water partition coefficient (Wildman–Crippen LogP) is 6.75. The van der Waals surface area contributed by atoms with Crippen LogP contribution < -0.4 is 0 Å². The Morgan fingerprint density at radius 1 is 0.581 bits per heavy atom. The van der Waals surface area contributed by atoms with Gasteiger partial charge in [-0.05, 0) is 69.5 Å². The second-order valence-electron chi connectivity index (χ2n) is 8.93. The summed E-state index contributed by atoms with van der Waals surface area (Å²) in [5, 5.41) is 5.46. The summed E-state index contributed by atoms with van der Waals surface area (Å²) in [5.41, 5.74) is 6.50. The zero-order chi connectivity index (χ0) is 21.0. The molecule has 0 N–H and O–H groups in total. The van der Waals surface area contributed by atoms with Crippen molar-refractivity contribution in [2.45, 2.75) is 12.0 Å². The van der Waals surface area contributed by atoms with E-state index in [-0.39, 0.29) is 5.41 Å². The molecule has 1 aliphatic carbocycles. The second kappa shape index (κ2) is 6.80. The Hall–Kier alpha value is -3.42. The minimum atomic E-state index is -0.313. The summed E-state index contributed by atoms with van der Waals surface area (Å²) in [7, 11) is 4.28. The highest BCUT2D eigenvalue weighted by Gasteiger charge is 2.44. The van der Waals surface area contributed by atoms with E-state index in [1.165, 1.54) is 49.4 Å². The van der Waals surface area contributed by atoms with E-state index in [2.05, 4.69) is 122 Å². The first-order valence-corrected chi connectivity index (χ1v) is 10.9. The third-order valence-electron chi connectivity index (χ3n) is 6.74. The number of hydrogen-bond donors (Lipinski definition) is 0. The van der Waals surface area contributed by atoms with Gasteiger partial charge in [-0.3, -0.25) is 0 Å². The maximum Gasteiger partial charge on any atom is 0.0714 e. The fraction of sp³-hybridized carbons (Fsp3) is 0.133. The van der Waals surface area contributed by atoms with E-state index in [1.54, 1.807) is 0 Å². The maximum absolute atomic E-state index is 2.46. The smallest absolute Gasteiger partial charge is 0.0714 e. The van der Waals surface area contributed by atoms with E-state index in [1.807, 2.05) is 0 Å². The van der Waals surface area contributed by atoms with Crippen LogP contribution in [0.15, 0.2) is 103 Å². The number of nitrogens with zero attached hydrogens (tertiary/aromatic N) is 1. The Balaban J connectivity index is 1.83. The summed E-state index contributed by atoms with van der Waals surface area (Å²) >= 11 is 0. The van der Waals surface area contributed by atoms with Crippen molar-refractivity contribution in [2.24, 2.45) is 0 Å². The molecule has 1 aliphatic rings. The van der Waals surface area contributed by atoms with E-state index < -0.39 is 0 Å². The molecule has 0 atom stereocenters. The molecule has 0 radical (unpaired) electrons. The summed E-state index contributed by atoms with van der Waals surface area (Å²) in [5.74, 6) is 0. The van der Waals surface area contributed by atoms with Crippen molar-refractivity contribution in [2.75, 3.05) is 14.1 Å². The summed E-state index contributed by atoms with van der Waals surface area (Å²) in [6.07, 6.45) is 0. The molecule has 1 heteroatoms. The Morgan fingerprint density at radius 2 is 1.19 bits per heavy atom. The normalized spacial score (nSPS) is 14.2. The second-order valence-corrected chi connectivity index (χ2v) is 8.93. The lowest BCUT2D eigenvalue weighted by molar-refractivity contribution is 0.402. The van der Waals surface area contributed by atoms with Crippen molar-refractivity contribution < 1.29 is 0 Å². The first kappa shape index (κ1) is 18.4. The predicted molar refractivity (Wildman–Crippen MR) is 131 cm³/mol. The number of hydrogen-bond acceptors (Lipinski definition) is 1. The number of rotatable bonds is 4. The molecular weight excluding hydrogens is 374 g/mol. The molecule has 0 spiro atoms. The highest BCUT2D eigenvalue weighted by molar-refractivity contribution is 6.16. The van der Waals surface area contributed by atoms with E-state index in [0.29, 0.717) is 0 Å². The fourth-order valence-electron chi connectivity index (χ4n) is 5.68. The highest BCUT2D eigenvalue weighted by Crippen LogP contribution is 2.55. The van der Waals surface area contributed by atoms with Crippen molar-refractivity contribution in [3.05, 3.63) is 131 Å². The maximum atomic E-state index is 2.46. The third-order valence-corrected chi connectivity index (χ3v) is 6.74. The van der Waals surface area contributed by atoms with Gasteiger partial charge in [0.1, 0.15) is 0 Å². The van der Waals surface area contributed by atoms with Gasteiger partial charge in [-0.25, -0.2) is 0 Å². The van der Waals surface area contributed by atoms with Crippen molar-refractivity contribution in [3.63, 3.8) is 0 Å². The Morgan fingerprint density at radius 3 is 1.84 bits per heavy atom. The van der Waals surface area contributed by atoms with Crippen molar-refractivity contribution >= 4 is 21.5 Å². The van der Waals surface area contributed by atoms with Crippen LogP contribution >= 0.6 is 0 Å². The minimum Gasteiger partial charge on any atom is -0.305 e. The summed E-state index contributed by atoms with van der Waals surface area (Å²) in [6, 6.07) is 38.3. The molecule has 0 heterocycles. The van der Waals surface area contributed by atoms with Crippen LogP contribution in [0.1, 0.15) is 27.8 Å². The summed E-state index contributed by atoms with van der Waals surface area (Å²) in [4.78, 5) is 2.25. The van der Waals surface area contributed by atoms with Crippen molar-refractivity contribution in [3.8, 4) is 0 Å². The van der Waals surface area contributed by atoms with Crippen LogP contribution in [0.25, 0.3) is 21.5 Å². The van der Waals surface area contributed by atoms with Crippen molar-refractivity contribution in [1.29, 1.82) is 0 Å². The molecule has 0 aromatic heterocycles. The van der Waals surface area contributed by atoms with Gasteiger partial charge in [-0.2, -0.15) is 0 Å². The zero-order valence-corrected chi connectivity index (χ0v) is 18.0. The van der Waals surface area contributed by atoms with Crippen LogP contribution in [0, 0.1) is 0 Å². The molecule has 0 saturated heterocycles. The molecule has 0 fully saturated rings. The van der Waals surface area contributed by atoms with Crippen LogP contribution in [0.3, 0.4) is 0 Å². The van der Waals surface area contributed by atoms with E-state index in [9.17, 15) is 0 Å². The zero-order valence-electron chi connectivity index (χ0n) is 18.0. The molecular formula is C30H25N. The summed E-state index contributed by atoms with van der Waals surface area (Å²) < 4.78 is 0. The topological polar surface area (TPSA) is 3.24 Å². The SMILES string of the molecule is CN(C)Cc1cc2c3c(ccc4cccc(c43)C2(c2ccccc2)c2ccccc2)c1. The lowest BCUT2D eigenvalue weighted by Gasteiger charge is -2.34. The quantitative estimate of drug-likeness (QED) is 0.296. The molecule has 5 aromatic carbocycles. The first-order chi connectivity index (χ1) is 15.2. The molecule has 0 unspecified atom stereocenters. The Bertz CT molecular complexity index is 1380. The van der Waals surface area contributed by atoms with Crippen LogP contribution in [0.5, 0.6) is 0 Å². The van der Waals surface area contributed by atoms with Gasteiger partial charge in [0, 0.05) is 6.54 Å². The van der Waals surface area contributed by atoms with Crippen LogP contribution in [-0.4, -0.2) is 19.0 Å². The fourth-order valence-corrected chi connectivity index (χ4v) is 5.68. The van der Waals surface area contributed by atoms with Crippen LogP contribution in [0.4, 0.5) is 0 Å². The average Bonchev–Trinajstić information content (AvgIpc) is 3.10. The van der Waals surface area contributed by atoms with Crippen molar-refractivity contribution in [1.82, 2.24) is 4.90 Å². The van der Waals surface area contributed by atoms with E-state index >= 15 is 0 Å². The molecule has 6 rings (SSSR count). The van der Waals surface area contributed by atoms with Gasteiger partial charge in [-0.15, -0.1) is 0 Å². The molecule has 1 nitrogen and oxygen atoms in total. The minimum absolute atomic E-state index is 0.313. The molecule has 0 aliphatic heterocycles. The Labute approximate surface area is 183 Å². The summed E-state index contributed by atoms with van der Waals surface area (Å²) in [6.45, 7) is 0.928. The van der Waals surface area contributed by atoms with Gasteiger partial charge >= 0.3 is 0 Å². The third kappa shape index (κ3) is 2.54. The van der Waals surface area contributed by atoms with Gasteiger partial charge in [0.05, 0.1) is 5.41 Å². The standard InChI is InChI=1S/C30H25N/c1-31(2)20-21-18-23-17-16-22-10-9-15-26-28(22)29(23)27(19-21)30(26,24-11-5-3-6-12-24)25-13-7-4-8-14-25/h3-19H,20H2,1-2H3. The average molecular weight is 400 g/mol. The van der Waals surface area contributed by atoms with Crippen LogP contribution in [0.2, 0.25) is 0 Å². The monoisotopic (exact) mass is 399 g/mol. The molecule has 150 valence electrons. The van der Waals surface area contributed by atoms with Gasteiger partial charge in [-0.1, -0.05) is 97.1 Å². The molecule has 0 amide bonds. The lowest BCUT2D eigenvalue weighted by Crippen LogP contribution is -2.29. The lowest BCUT2D eigenvalue weighted by atomic mass is 9.67. The first-order valence-electron chi connectivity index (χ1n) is 10.9. The van der Waals surface area contributed by atoms with Crippen LogP contribution in [-0.2, 0) is 12.0 Å². The largest absolute Gasteiger partial charge is 0.305 e. The van der Waals surface area contributed by atoms with Gasteiger partial charge in [0.2, 0.25) is 0 Å². The van der Waals surface area contributed by atoms with Gasteiger partial charge in [0.25, 0.3) is 0 Å². The molecule has 5 aromatic rings.